The largest absolute Gasteiger partial charge is 0.508 e. The Morgan fingerprint density at radius 3 is 2.21 bits per heavy atom. The van der Waals surface area contributed by atoms with Gasteiger partial charge in [-0.25, -0.2) is 4.79 Å². The minimum absolute atomic E-state index is 0.0700. The number of aromatic hydroxyl groups is 1. The van der Waals surface area contributed by atoms with E-state index in [9.17, 15) is 19.8 Å². The number of aliphatic carboxylic acids is 1. The number of hydrogen-bond acceptors (Lipinski definition) is 6. The summed E-state index contributed by atoms with van der Waals surface area (Å²) in [6, 6.07) is 15.8. The number of nitrogens with zero attached hydrogens (tertiary/aromatic N) is 1. The third kappa shape index (κ3) is 7.87. The summed E-state index contributed by atoms with van der Waals surface area (Å²) in [4.78, 5) is 25.0. The van der Waals surface area contributed by atoms with Crippen molar-refractivity contribution in [2.45, 2.75) is 71.2 Å². The molecule has 0 radical (unpaired) electrons. The zero-order valence-electron chi connectivity index (χ0n) is 19.8. The fourth-order valence-corrected chi connectivity index (χ4v) is 4.05. The number of phenolic OH excluding ortho intramolecular Hbond substituents is 1. The molecule has 0 aliphatic heterocycles. The lowest BCUT2D eigenvalue weighted by molar-refractivity contribution is -0.159. The van der Waals surface area contributed by atoms with E-state index in [0.717, 1.165) is 24.1 Å². The number of aliphatic hydroxyl groups is 1. The van der Waals surface area contributed by atoms with E-state index in [-0.39, 0.29) is 18.3 Å². The van der Waals surface area contributed by atoms with Crippen LogP contribution in [0.3, 0.4) is 0 Å². The van der Waals surface area contributed by atoms with Crippen LogP contribution in [-0.2, 0) is 20.9 Å². The molecule has 0 heterocycles. The highest BCUT2D eigenvalue weighted by Gasteiger charge is 2.23. The maximum atomic E-state index is 11.9. The number of aliphatic hydroxyl groups excluding tert-OH is 1. The van der Waals surface area contributed by atoms with Crippen LogP contribution in [0.1, 0.15) is 63.1 Å². The summed E-state index contributed by atoms with van der Waals surface area (Å²) in [5.74, 6) is -2.19. The van der Waals surface area contributed by atoms with E-state index in [0.29, 0.717) is 17.6 Å². The Morgan fingerprint density at radius 2 is 1.64 bits per heavy atom. The highest BCUT2D eigenvalue weighted by atomic mass is 16.5. The minimum Gasteiger partial charge on any atom is -0.508 e. The van der Waals surface area contributed by atoms with Gasteiger partial charge < -0.3 is 20.1 Å². The van der Waals surface area contributed by atoms with Crippen LogP contribution < -0.4 is 0 Å². The molecule has 0 aliphatic rings. The van der Waals surface area contributed by atoms with Crippen molar-refractivity contribution in [3.05, 3.63) is 65.2 Å². The highest BCUT2D eigenvalue weighted by Crippen LogP contribution is 2.35. The van der Waals surface area contributed by atoms with Crippen LogP contribution in [-0.4, -0.2) is 56.9 Å². The molecular formula is C26H35NO6. The fraction of sp³-hybridized carbons (Fsp3) is 0.462. The lowest BCUT2D eigenvalue weighted by Crippen LogP contribution is -2.38. The van der Waals surface area contributed by atoms with Gasteiger partial charge in [0.2, 0.25) is 0 Å². The average Bonchev–Trinajstić information content (AvgIpc) is 2.75. The Morgan fingerprint density at radius 1 is 1.00 bits per heavy atom. The molecule has 0 fully saturated rings. The molecule has 0 aliphatic carbocycles. The molecule has 0 saturated carbocycles. The van der Waals surface area contributed by atoms with Gasteiger partial charge >= 0.3 is 11.9 Å². The van der Waals surface area contributed by atoms with E-state index in [2.05, 4.69) is 32.6 Å². The summed E-state index contributed by atoms with van der Waals surface area (Å²) in [6.45, 7) is 9.39. The number of benzene rings is 2. The van der Waals surface area contributed by atoms with Crippen molar-refractivity contribution >= 4 is 11.9 Å². The van der Waals surface area contributed by atoms with Crippen molar-refractivity contribution in [1.29, 1.82) is 0 Å². The SMILES string of the molecule is CC(C)N(CC[C@H](c1ccccc1)c1cc(COC(=O)C(O)CC(=O)O)ccc1O)C(C)C. The van der Waals surface area contributed by atoms with Gasteiger partial charge in [0.15, 0.2) is 6.10 Å². The molecule has 7 heteroatoms. The van der Waals surface area contributed by atoms with Crippen molar-refractivity contribution in [3.8, 4) is 5.75 Å². The monoisotopic (exact) mass is 457 g/mol. The molecule has 0 bridgehead atoms. The first-order valence-corrected chi connectivity index (χ1v) is 11.3. The van der Waals surface area contributed by atoms with Crippen LogP contribution in [0.15, 0.2) is 48.5 Å². The van der Waals surface area contributed by atoms with Gasteiger partial charge in [-0.15, -0.1) is 0 Å². The number of carbonyl (C=O) groups excluding carboxylic acids is 1. The summed E-state index contributed by atoms with van der Waals surface area (Å²) < 4.78 is 5.09. The Labute approximate surface area is 195 Å². The van der Waals surface area contributed by atoms with E-state index < -0.39 is 24.5 Å². The lowest BCUT2D eigenvalue weighted by atomic mass is 9.86. The first kappa shape index (κ1) is 26.4. The van der Waals surface area contributed by atoms with Crippen LogP contribution in [0.2, 0.25) is 0 Å². The smallest absolute Gasteiger partial charge is 0.335 e. The summed E-state index contributed by atoms with van der Waals surface area (Å²) in [6.07, 6.45) is -1.64. The summed E-state index contributed by atoms with van der Waals surface area (Å²) in [5.41, 5.74) is 2.45. The maximum absolute atomic E-state index is 11.9. The van der Waals surface area contributed by atoms with E-state index in [1.54, 1.807) is 18.2 Å². The van der Waals surface area contributed by atoms with Gasteiger partial charge in [0.1, 0.15) is 12.4 Å². The summed E-state index contributed by atoms with van der Waals surface area (Å²) in [7, 11) is 0. The predicted octanol–water partition coefficient (Wildman–Crippen LogP) is 3.91. The number of esters is 1. The van der Waals surface area contributed by atoms with Crippen LogP contribution in [0.4, 0.5) is 0 Å². The molecule has 2 rings (SSSR count). The van der Waals surface area contributed by atoms with Gasteiger partial charge in [0.05, 0.1) is 6.42 Å². The molecule has 3 N–H and O–H groups in total. The molecule has 0 aromatic heterocycles. The number of ether oxygens (including phenoxy) is 1. The van der Waals surface area contributed by atoms with Gasteiger partial charge in [-0.1, -0.05) is 36.4 Å². The second-order valence-electron chi connectivity index (χ2n) is 8.79. The zero-order chi connectivity index (χ0) is 24.5. The molecule has 2 aromatic rings. The van der Waals surface area contributed by atoms with Gasteiger partial charge in [0.25, 0.3) is 0 Å². The summed E-state index contributed by atoms with van der Waals surface area (Å²) in [5, 5.41) is 29.0. The Bertz CT molecular complexity index is 904. The van der Waals surface area contributed by atoms with E-state index >= 15 is 0 Å². The van der Waals surface area contributed by atoms with Gasteiger partial charge in [-0.05, 0) is 63.9 Å². The second-order valence-corrected chi connectivity index (χ2v) is 8.79. The van der Waals surface area contributed by atoms with Crippen LogP contribution in [0.5, 0.6) is 5.75 Å². The van der Waals surface area contributed by atoms with Crippen molar-refractivity contribution < 1.29 is 29.6 Å². The molecule has 1 unspecified atom stereocenters. The number of hydrogen-bond donors (Lipinski definition) is 3. The fourth-order valence-electron chi connectivity index (χ4n) is 4.05. The molecule has 0 saturated heterocycles. The summed E-state index contributed by atoms with van der Waals surface area (Å²) >= 11 is 0. The minimum atomic E-state index is -1.71. The second kappa shape index (κ2) is 12.4. The van der Waals surface area contributed by atoms with Gasteiger partial charge in [-0.3, -0.25) is 9.69 Å². The van der Waals surface area contributed by atoms with Gasteiger partial charge in [0, 0.05) is 23.6 Å². The number of rotatable bonds is 12. The molecule has 2 atom stereocenters. The van der Waals surface area contributed by atoms with Gasteiger partial charge in [-0.2, -0.15) is 0 Å². The number of carboxylic acids is 1. The molecule has 7 nitrogen and oxygen atoms in total. The number of carbonyl (C=O) groups is 2. The molecule has 33 heavy (non-hydrogen) atoms. The predicted molar refractivity (Wildman–Crippen MR) is 126 cm³/mol. The normalized spacial score (nSPS) is 13.3. The quantitative estimate of drug-likeness (QED) is 0.415. The van der Waals surface area contributed by atoms with E-state index in [4.69, 9.17) is 9.84 Å². The van der Waals surface area contributed by atoms with Crippen molar-refractivity contribution in [1.82, 2.24) is 4.90 Å². The molecule has 0 spiro atoms. The molecular weight excluding hydrogens is 422 g/mol. The van der Waals surface area contributed by atoms with E-state index in [1.807, 2.05) is 30.3 Å². The third-order valence-corrected chi connectivity index (χ3v) is 5.69. The average molecular weight is 458 g/mol. The van der Waals surface area contributed by atoms with E-state index in [1.165, 1.54) is 0 Å². The van der Waals surface area contributed by atoms with Crippen LogP contribution in [0, 0.1) is 0 Å². The number of phenols is 1. The van der Waals surface area contributed by atoms with Crippen LogP contribution in [0.25, 0.3) is 0 Å². The Hall–Kier alpha value is -2.90. The zero-order valence-corrected chi connectivity index (χ0v) is 19.8. The lowest BCUT2D eigenvalue weighted by Gasteiger charge is -2.32. The molecule has 180 valence electrons. The first-order chi connectivity index (χ1) is 15.6. The third-order valence-electron chi connectivity index (χ3n) is 5.69. The van der Waals surface area contributed by atoms with Crippen LogP contribution >= 0.6 is 0 Å². The first-order valence-electron chi connectivity index (χ1n) is 11.3. The standard InChI is InChI=1S/C26H35NO6/c1-17(2)27(18(3)4)13-12-21(20-8-6-5-7-9-20)22-14-19(10-11-23(22)28)16-33-26(32)24(29)15-25(30)31/h5-11,14,17-18,21,24,28-29H,12-13,15-16H2,1-4H3,(H,30,31)/t21-,24?/m1/s1. The Kier molecular flexibility index (Phi) is 9.88. The molecule has 0 amide bonds. The topological polar surface area (TPSA) is 107 Å². The van der Waals surface area contributed by atoms with Crippen molar-refractivity contribution in [2.75, 3.05) is 6.54 Å². The van der Waals surface area contributed by atoms with Crippen molar-refractivity contribution in [3.63, 3.8) is 0 Å². The Balaban J connectivity index is 2.26. The maximum Gasteiger partial charge on any atom is 0.335 e. The highest BCUT2D eigenvalue weighted by molar-refractivity contribution is 5.80. The molecule has 2 aromatic carbocycles. The van der Waals surface area contributed by atoms with Crippen molar-refractivity contribution in [2.24, 2.45) is 0 Å². The number of carboxylic acid groups (broad SMARTS) is 1.